The van der Waals surface area contributed by atoms with Crippen LogP contribution in [0.15, 0.2) is 29.2 Å². The standard InChI is InChI=1S/C14H19NO4S/c1-3-4-5-6-14(17)15-20(18,19)13-9-7-12(8-10-13)11(2)16/h7-10H,3-6H2,1-2H3,(H,15,17). The molecule has 1 N–H and O–H groups in total. The summed E-state index contributed by atoms with van der Waals surface area (Å²) >= 11 is 0. The van der Waals surface area contributed by atoms with Gasteiger partial charge >= 0.3 is 0 Å². The molecule has 0 aliphatic heterocycles. The third kappa shape index (κ3) is 4.77. The molecule has 0 radical (unpaired) electrons. The molecule has 0 fully saturated rings. The molecular weight excluding hydrogens is 278 g/mol. The van der Waals surface area contributed by atoms with Crippen molar-refractivity contribution in [3.63, 3.8) is 0 Å². The zero-order chi connectivity index (χ0) is 15.2. The van der Waals surface area contributed by atoms with Gasteiger partial charge in [0.2, 0.25) is 5.91 Å². The number of amides is 1. The van der Waals surface area contributed by atoms with Gasteiger partial charge < -0.3 is 0 Å². The van der Waals surface area contributed by atoms with Gasteiger partial charge in [-0.3, -0.25) is 9.59 Å². The van der Waals surface area contributed by atoms with Crippen molar-refractivity contribution in [1.29, 1.82) is 0 Å². The van der Waals surface area contributed by atoms with Gasteiger partial charge in [0.05, 0.1) is 4.90 Å². The van der Waals surface area contributed by atoms with E-state index in [9.17, 15) is 18.0 Å². The summed E-state index contributed by atoms with van der Waals surface area (Å²) in [5.41, 5.74) is 0.429. The van der Waals surface area contributed by atoms with Crippen LogP contribution in [0.5, 0.6) is 0 Å². The molecule has 0 unspecified atom stereocenters. The zero-order valence-electron chi connectivity index (χ0n) is 11.7. The minimum atomic E-state index is -3.85. The maximum atomic E-state index is 11.9. The molecule has 5 nitrogen and oxygen atoms in total. The Kier molecular flexibility index (Phi) is 5.88. The summed E-state index contributed by atoms with van der Waals surface area (Å²) < 4.78 is 25.9. The van der Waals surface area contributed by atoms with Crippen LogP contribution in [0.4, 0.5) is 0 Å². The van der Waals surface area contributed by atoms with E-state index in [4.69, 9.17) is 0 Å². The van der Waals surface area contributed by atoms with Gasteiger partial charge in [-0.15, -0.1) is 0 Å². The monoisotopic (exact) mass is 297 g/mol. The molecule has 1 aromatic rings. The maximum Gasteiger partial charge on any atom is 0.264 e. The number of carbonyl (C=O) groups is 2. The molecule has 0 saturated heterocycles. The van der Waals surface area contributed by atoms with Crippen LogP contribution in [-0.4, -0.2) is 20.1 Å². The lowest BCUT2D eigenvalue weighted by Gasteiger charge is -2.07. The minimum Gasteiger partial charge on any atom is -0.295 e. The fraction of sp³-hybridized carbons (Fsp3) is 0.429. The van der Waals surface area contributed by atoms with Crippen LogP contribution < -0.4 is 4.72 Å². The lowest BCUT2D eigenvalue weighted by Crippen LogP contribution is -2.30. The van der Waals surface area contributed by atoms with Gasteiger partial charge in [-0.2, -0.15) is 0 Å². The van der Waals surface area contributed by atoms with Crippen LogP contribution in [0.25, 0.3) is 0 Å². The average Bonchev–Trinajstić information content (AvgIpc) is 2.38. The summed E-state index contributed by atoms with van der Waals surface area (Å²) in [6, 6.07) is 5.49. The molecule has 0 atom stereocenters. The number of carbonyl (C=O) groups excluding carboxylic acids is 2. The first-order chi connectivity index (χ1) is 9.36. The highest BCUT2D eigenvalue weighted by molar-refractivity contribution is 7.90. The molecule has 0 aliphatic carbocycles. The number of nitrogens with one attached hydrogen (secondary N) is 1. The average molecular weight is 297 g/mol. The van der Waals surface area contributed by atoms with Gasteiger partial charge in [0.25, 0.3) is 10.0 Å². The van der Waals surface area contributed by atoms with Crippen molar-refractivity contribution in [2.75, 3.05) is 0 Å². The van der Waals surface area contributed by atoms with Crippen molar-refractivity contribution in [3.05, 3.63) is 29.8 Å². The van der Waals surface area contributed by atoms with Crippen molar-refractivity contribution >= 4 is 21.7 Å². The van der Waals surface area contributed by atoms with Crippen molar-refractivity contribution in [2.45, 2.75) is 44.4 Å². The number of rotatable bonds is 7. The highest BCUT2D eigenvalue weighted by atomic mass is 32.2. The van der Waals surface area contributed by atoms with Crippen molar-refractivity contribution < 1.29 is 18.0 Å². The number of Topliss-reactive ketones (excluding diaryl/α,β-unsaturated/α-hetero) is 1. The first-order valence-corrected chi connectivity index (χ1v) is 8.02. The maximum absolute atomic E-state index is 11.9. The van der Waals surface area contributed by atoms with Gasteiger partial charge in [0.1, 0.15) is 0 Å². The highest BCUT2D eigenvalue weighted by Crippen LogP contribution is 2.11. The Morgan fingerprint density at radius 3 is 2.20 bits per heavy atom. The summed E-state index contributed by atoms with van der Waals surface area (Å²) in [7, 11) is -3.85. The number of hydrogen-bond acceptors (Lipinski definition) is 4. The second-order valence-electron chi connectivity index (χ2n) is 4.57. The summed E-state index contributed by atoms with van der Waals surface area (Å²) in [4.78, 5) is 22.6. The largest absolute Gasteiger partial charge is 0.295 e. The normalized spacial score (nSPS) is 11.1. The molecule has 0 bridgehead atoms. The molecule has 20 heavy (non-hydrogen) atoms. The summed E-state index contributed by atoms with van der Waals surface area (Å²) in [5.74, 6) is -0.647. The highest BCUT2D eigenvalue weighted by Gasteiger charge is 2.17. The zero-order valence-corrected chi connectivity index (χ0v) is 12.5. The van der Waals surface area contributed by atoms with Gasteiger partial charge in [0, 0.05) is 12.0 Å². The smallest absolute Gasteiger partial charge is 0.264 e. The Labute approximate surface area is 119 Å². The van der Waals surface area contributed by atoms with E-state index in [0.29, 0.717) is 12.0 Å². The predicted molar refractivity (Wildman–Crippen MR) is 75.9 cm³/mol. The number of benzene rings is 1. The molecule has 6 heteroatoms. The SMILES string of the molecule is CCCCCC(=O)NS(=O)(=O)c1ccc(C(C)=O)cc1. The van der Waals surface area contributed by atoms with E-state index in [1.165, 1.54) is 31.2 Å². The van der Waals surface area contributed by atoms with Crippen LogP contribution in [0.2, 0.25) is 0 Å². The molecule has 1 aromatic carbocycles. The number of ketones is 1. The Balaban J connectivity index is 2.73. The molecule has 0 heterocycles. The van der Waals surface area contributed by atoms with E-state index in [-0.39, 0.29) is 17.1 Å². The minimum absolute atomic E-state index is 0.0219. The van der Waals surface area contributed by atoms with E-state index in [2.05, 4.69) is 0 Å². The molecule has 0 spiro atoms. The van der Waals surface area contributed by atoms with Crippen LogP contribution in [-0.2, 0) is 14.8 Å². The topological polar surface area (TPSA) is 80.3 Å². The Morgan fingerprint density at radius 1 is 1.10 bits per heavy atom. The van der Waals surface area contributed by atoms with Crippen molar-refractivity contribution in [1.82, 2.24) is 4.72 Å². The summed E-state index contributed by atoms with van der Waals surface area (Å²) in [6.45, 7) is 3.41. The molecule has 0 saturated carbocycles. The third-order valence-corrected chi connectivity index (χ3v) is 4.22. The van der Waals surface area contributed by atoms with Crippen molar-refractivity contribution in [2.24, 2.45) is 0 Å². The van der Waals surface area contributed by atoms with Crippen LogP contribution >= 0.6 is 0 Å². The Hall–Kier alpha value is -1.69. The lowest BCUT2D eigenvalue weighted by atomic mass is 10.2. The lowest BCUT2D eigenvalue weighted by molar-refractivity contribution is -0.119. The van der Waals surface area contributed by atoms with E-state index in [1.807, 2.05) is 11.6 Å². The van der Waals surface area contributed by atoms with Gasteiger partial charge in [-0.25, -0.2) is 13.1 Å². The van der Waals surface area contributed by atoms with E-state index < -0.39 is 15.9 Å². The fourth-order valence-electron chi connectivity index (χ4n) is 1.66. The first kappa shape index (κ1) is 16.4. The number of unbranched alkanes of at least 4 members (excludes halogenated alkanes) is 2. The Morgan fingerprint density at radius 2 is 1.70 bits per heavy atom. The van der Waals surface area contributed by atoms with Crippen LogP contribution in [0, 0.1) is 0 Å². The van der Waals surface area contributed by atoms with E-state index in [1.54, 1.807) is 0 Å². The molecule has 1 amide bonds. The molecule has 0 aromatic heterocycles. The van der Waals surface area contributed by atoms with Gasteiger partial charge in [-0.1, -0.05) is 31.9 Å². The number of hydrogen-bond donors (Lipinski definition) is 1. The second-order valence-corrected chi connectivity index (χ2v) is 6.25. The van der Waals surface area contributed by atoms with Crippen molar-refractivity contribution in [3.8, 4) is 0 Å². The Bertz CT molecular complexity index is 576. The van der Waals surface area contributed by atoms with Gasteiger partial charge in [-0.05, 0) is 25.5 Å². The molecule has 0 aliphatic rings. The summed E-state index contributed by atoms with van der Waals surface area (Å²) in [5, 5.41) is 0. The van der Waals surface area contributed by atoms with E-state index >= 15 is 0 Å². The first-order valence-electron chi connectivity index (χ1n) is 6.53. The number of sulfonamides is 1. The van der Waals surface area contributed by atoms with Crippen LogP contribution in [0.3, 0.4) is 0 Å². The molecular formula is C14H19NO4S. The molecule has 110 valence electrons. The third-order valence-electron chi connectivity index (χ3n) is 2.83. The van der Waals surface area contributed by atoms with Gasteiger partial charge in [0.15, 0.2) is 5.78 Å². The molecule has 1 rings (SSSR count). The van der Waals surface area contributed by atoms with E-state index in [0.717, 1.165) is 12.8 Å². The van der Waals surface area contributed by atoms with Crippen LogP contribution in [0.1, 0.15) is 49.9 Å². The quantitative estimate of drug-likeness (QED) is 0.618. The fourth-order valence-corrected chi connectivity index (χ4v) is 2.68. The summed E-state index contributed by atoms with van der Waals surface area (Å²) in [6.07, 6.45) is 2.72. The predicted octanol–water partition coefficient (Wildman–Crippen LogP) is 2.27. The second kappa shape index (κ2) is 7.19.